The number of carbonyl (C=O) groups is 2. The Morgan fingerprint density at radius 2 is 1.05 bits per heavy atom. The second kappa shape index (κ2) is 9.24. The van der Waals surface area contributed by atoms with E-state index >= 15 is 0 Å². The molecule has 0 aliphatic carbocycles. The van der Waals surface area contributed by atoms with E-state index in [2.05, 4.69) is 0 Å². The molecule has 5 rings (SSSR count). The van der Waals surface area contributed by atoms with Crippen LogP contribution in [0.4, 0.5) is 9.59 Å². The average molecular weight is 515 g/mol. The predicted octanol–water partition coefficient (Wildman–Crippen LogP) is 8.32. The fourth-order valence-electron chi connectivity index (χ4n) is 4.42. The van der Waals surface area contributed by atoms with Crippen LogP contribution in [0.25, 0.3) is 21.5 Å². The van der Waals surface area contributed by atoms with Crippen LogP contribution in [0.5, 0.6) is 23.0 Å². The van der Waals surface area contributed by atoms with E-state index in [1.807, 2.05) is 48.5 Å². The predicted molar refractivity (Wildman–Crippen MR) is 144 cm³/mol. The fraction of sp³-hybridized carbons (Fsp3) is 0.290. The van der Waals surface area contributed by atoms with Gasteiger partial charge >= 0.3 is 12.3 Å². The molecule has 0 aromatic heterocycles. The summed E-state index contributed by atoms with van der Waals surface area (Å²) in [7, 11) is 0. The summed E-state index contributed by atoms with van der Waals surface area (Å²) in [6.45, 7) is 10.7. The highest BCUT2D eigenvalue weighted by Gasteiger charge is 2.23. The Labute approximate surface area is 221 Å². The highest BCUT2D eigenvalue weighted by molar-refractivity contribution is 5.94. The number of rotatable bonds is 2. The molecule has 0 bridgehead atoms. The third-order valence-corrected chi connectivity index (χ3v) is 5.87. The zero-order valence-electron chi connectivity index (χ0n) is 22.3. The third kappa shape index (κ3) is 5.52. The van der Waals surface area contributed by atoms with Gasteiger partial charge in [-0.15, -0.1) is 0 Å². The first-order valence-electron chi connectivity index (χ1n) is 12.5. The van der Waals surface area contributed by atoms with Crippen molar-refractivity contribution in [3.63, 3.8) is 0 Å². The van der Waals surface area contributed by atoms with Gasteiger partial charge < -0.3 is 23.7 Å². The molecule has 4 aromatic rings. The Morgan fingerprint density at radius 3 is 1.45 bits per heavy atom. The molecule has 0 N–H and O–H groups in total. The summed E-state index contributed by atoms with van der Waals surface area (Å²) in [5.41, 5.74) is 0.813. The first-order valence-corrected chi connectivity index (χ1v) is 12.5. The van der Waals surface area contributed by atoms with Crippen molar-refractivity contribution in [2.24, 2.45) is 0 Å². The Balaban J connectivity index is 1.43. The molecule has 0 fully saturated rings. The second-order valence-corrected chi connectivity index (χ2v) is 11.3. The van der Waals surface area contributed by atoms with Crippen LogP contribution in [0.2, 0.25) is 0 Å². The quantitative estimate of drug-likeness (QED) is 0.173. The zero-order valence-corrected chi connectivity index (χ0v) is 22.3. The van der Waals surface area contributed by atoms with Crippen molar-refractivity contribution < 1.29 is 33.3 Å². The minimum Gasteiger partial charge on any atom is -0.457 e. The van der Waals surface area contributed by atoms with E-state index in [4.69, 9.17) is 23.7 Å². The van der Waals surface area contributed by atoms with Crippen molar-refractivity contribution in [3.8, 4) is 23.0 Å². The van der Waals surface area contributed by atoms with Gasteiger partial charge in [0.2, 0.25) is 0 Å². The van der Waals surface area contributed by atoms with Gasteiger partial charge in [0.1, 0.15) is 34.2 Å². The van der Waals surface area contributed by atoms with Crippen LogP contribution in [-0.2, 0) is 15.9 Å². The van der Waals surface area contributed by atoms with Gasteiger partial charge in [-0.05, 0) is 99.5 Å². The normalized spacial score (nSPS) is 12.8. The maximum absolute atomic E-state index is 12.1. The van der Waals surface area contributed by atoms with E-state index in [0.717, 1.165) is 44.2 Å². The molecule has 196 valence electrons. The van der Waals surface area contributed by atoms with Gasteiger partial charge in [0.05, 0.1) is 0 Å². The van der Waals surface area contributed by atoms with E-state index in [9.17, 15) is 9.59 Å². The van der Waals surface area contributed by atoms with E-state index in [1.54, 1.807) is 53.7 Å². The second-order valence-electron chi connectivity index (χ2n) is 11.3. The minimum atomic E-state index is -0.742. The molecular formula is C31H30O7. The van der Waals surface area contributed by atoms with Crippen LogP contribution in [0.15, 0.2) is 60.7 Å². The number of carbonyl (C=O) groups excluding carboxylic acids is 2. The topological polar surface area (TPSA) is 80.3 Å². The SMILES string of the molecule is CC(C)(C)OC(=O)Oc1ccc2c3c(ccc2c1)Oc1ccc2cc(OC(=O)OC(C)(C)C)ccc2c1C3. The summed E-state index contributed by atoms with van der Waals surface area (Å²) in [5.74, 6) is 2.39. The van der Waals surface area contributed by atoms with Crippen LogP contribution in [0.3, 0.4) is 0 Å². The molecule has 1 aliphatic rings. The number of ether oxygens (including phenoxy) is 5. The number of hydrogen-bond acceptors (Lipinski definition) is 7. The lowest BCUT2D eigenvalue weighted by Gasteiger charge is -2.23. The number of benzene rings is 4. The Morgan fingerprint density at radius 1 is 0.632 bits per heavy atom. The third-order valence-electron chi connectivity index (χ3n) is 5.87. The van der Waals surface area contributed by atoms with Gasteiger partial charge in [0.25, 0.3) is 0 Å². The lowest BCUT2D eigenvalue weighted by molar-refractivity contribution is 0.0193. The molecule has 0 saturated carbocycles. The van der Waals surface area contributed by atoms with Gasteiger partial charge in [-0.2, -0.15) is 0 Å². The molecule has 0 saturated heterocycles. The van der Waals surface area contributed by atoms with Gasteiger partial charge in [-0.3, -0.25) is 0 Å². The molecule has 7 nitrogen and oxygen atoms in total. The Kier molecular flexibility index (Phi) is 6.18. The van der Waals surface area contributed by atoms with Gasteiger partial charge in [-0.25, -0.2) is 9.59 Å². The molecule has 1 aliphatic heterocycles. The molecule has 1 heterocycles. The first-order chi connectivity index (χ1) is 17.8. The monoisotopic (exact) mass is 514 g/mol. The lowest BCUT2D eigenvalue weighted by Crippen LogP contribution is -2.25. The lowest BCUT2D eigenvalue weighted by atomic mass is 9.91. The van der Waals surface area contributed by atoms with Crippen molar-refractivity contribution in [3.05, 3.63) is 71.8 Å². The van der Waals surface area contributed by atoms with Crippen LogP contribution in [0, 0.1) is 0 Å². The van der Waals surface area contributed by atoms with Crippen molar-refractivity contribution in [2.45, 2.75) is 59.2 Å². The average Bonchev–Trinajstić information content (AvgIpc) is 2.80. The molecule has 4 aromatic carbocycles. The summed E-state index contributed by atoms with van der Waals surface area (Å²) < 4.78 is 27.6. The first kappa shape index (κ1) is 25.4. The summed E-state index contributed by atoms with van der Waals surface area (Å²) in [4.78, 5) is 24.2. The van der Waals surface area contributed by atoms with Gasteiger partial charge in [0, 0.05) is 17.5 Å². The summed E-state index contributed by atoms with van der Waals surface area (Å²) in [6, 6.07) is 18.8. The maximum Gasteiger partial charge on any atom is 0.514 e. The van der Waals surface area contributed by atoms with Gasteiger partial charge in [0.15, 0.2) is 0 Å². The number of hydrogen-bond donors (Lipinski definition) is 0. The van der Waals surface area contributed by atoms with Crippen molar-refractivity contribution in [1.29, 1.82) is 0 Å². The smallest absolute Gasteiger partial charge is 0.457 e. The molecule has 38 heavy (non-hydrogen) atoms. The zero-order chi connectivity index (χ0) is 27.2. The van der Waals surface area contributed by atoms with Crippen molar-refractivity contribution >= 4 is 33.9 Å². The maximum atomic E-state index is 12.1. The molecule has 0 spiro atoms. The standard InChI is InChI=1S/C31H30O7/c1-30(2,3)37-28(32)34-20-9-11-22-18(15-20)7-13-26-24(22)17-25-23-12-10-21(35-29(33)38-31(4,5)6)16-19(23)8-14-27(25)36-26/h7-16H,17H2,1-6H3. The van der Waals surface area contributed by atoms with Crippen LogP contribution in [-0.4, -0.2) is 23.5 Å². The van der Waals surface area contributed by atoms with Crippen LogP contribution in [0.1, 0.15) is 52.7 Å². The van der Waals surface area contributed by atoms with Crippen LogP contribution >= 0.6 is 0 Å². The van der Waals surface area contributed by atoms with Crippen molar-refractivity contribution in [2.75, 3.05) is 0 Å². The highest BCUT2D eigenvalue weighted by Crippen LogP contribution is 2.43. The van der Waals surface area contributed by atoms with E-state index in [0.29, 0.717) is 17.9 Å². The molecule has 0 amide bonds. The van der Waals surface area contributed by atoms with E-state index < -0.39 is 23.5 Å². The number of fused-ring (bicyclic) bond motifs is 6. The Bertz CT molecular complexity index is 1450. The molecule has 7 heteroatoms. The van der Waals surface area contributed by atoms with Crippen molar-refractivity contribution in [1.82, 2.24) is 0 Å². The molecular weight excluding hydrogens is 484 g/mol. The van der Waals surface area contributed by atoms with E-state index in [1.165, 1.54) is 0 Å². The Hall–Kier alpha value is -4.26. The highest BCUT2D eigenvalue weighted by atomic mass is 16.7. The summed E-state index contributed by atoms with van der Waals surface area (Å²) in [6.07, 6.45) is -0.833. The largest absolute Gasteiger partial charge is 0.514 e. The van der Waals surface area contributed by atoms with Gasteiger partial charge in [-0.1, -0.05) is 24.3 Å². The minimum absolute atomic E-state index is 0.409. The fourth-order valence-corrected chi connectivity index (χ4v) is 4.42. The molecule has 0 radical (unpaired) electrons. The molecule has 0 atom stereocenters. The van der Waals surface area contributed by atoms with E-state index in [-0.39, 0.29) is 0 Å². The summed E-state index contributed by atoms with van der Waals surface area (Å²) >= 11 is 0. The summed E-state index contributed by atoms with van der Waals surface area (Å²) in [5, 5.41) is 3.86. The molecule has 0 unspecified atom stereocenters. The van der Waals surface area contributed by atoms with Crippen LogP contribution < -0.4 is 14.2 Å².